The number of hydrogen-bond acceptors (Lipinski definition) is 6. The van der Waals surface area contributed by atoms with Crippen LogP contribution in [0.3, 0.4) is 0 Å². The minimum atomic E-state index is -0.559. The molecular weight excluding hydrogens is 247 g/mol. The van der Waals surface area contributed by atoms with Crippen LogP contribution in [0.2, 0.25) is 0 Å². The first kappa shape index (κ1) is 10.5. The summed E-state index contributed by atoms with van der Waals surface area (Å²) < 4.78 is 25.2. The monoisotopic (exact) mass is 256 g/mol. The maximum atomic E-state index is 13.8. The molecule has 0 saturated heterocycles. The highest BCUT2D eigenvalue weighted by atomic mass is 32.1. The van der Waals surface area contributed by atoms with Crippen LogP contribution in [0.25, 0.3) is 10.2 Å². The number of benzene rings is 1. The zero-order valence-corrected chi connectivity index (χ0v) is 9.46. The molecule has 1 aromatic heterocycles. The second-order valence-corrected chi connectivity index (χ2v) is 4.68. The largest absolute Gasteiger partial charge is 0.484 e. The van der Waals surface area contributed by atoms with E-state index in [2.05, 4.69) is 4.98 Å². The summed E-state index contributed by atoms with van der Waals surface area (Å²) in [4.78, 5) is 3.99. The van der Waals surface area contributed by atoms with Crippen molar-refractivity contribution in [3.8, 4) is 11.5 Å². The second-order valence-electron chi connectivity index (χ2n) is 3.65. The molecule has 0 saturated carbocycles. The van der Waals surface area contributed by atoms with E-state index in [9.17, 15) is 4.39 Å². The molecule has 3 N–H and O–H groups in total. The second kappa shape index (κ2) is 3.71. The summed E-state index contributed by atoms with van der Waals surface area (Å²) in [6, 6.07) is 1.25. The minimum absolute atomic E-state index is 0.0199. The van der Waals surface area contributed by atoms with Crippen molar-refractivity contribution in [3.05, 3.63) is 11.9 Å². The highest BCUT2D eigenvalue weighted by molar-refractivity contribution is 7.22. The molecule has 90 valence electrons. The maximum Gasteiger partial charge on any atom is 0.199 e. The van der Waals surface area contributed by atoms with Crippen molar-refractivity contribution in [1.29, 1.82) is 0 Å². The number of thiazole rings is 1. The van der Waals surface area contributed by atoms with Gasteiger partial charge in [-0.1, -0.05) is 11.3 Å². The van der Waals surface area contributed by atoms with Gasteiger partial charge in [0.2, 0.25) is 0 Å². The zero-order chi connectivity index (χ0) is 12.0. The van der Waals surface area contributed by atoms with Gasteiger partial charge in [-0.05, 0) is 0 Å². The van der Waals surface area contributed by atoms with Gasteiger partial charge in [-0.2, -0.15) is 0 Å². The molecule has 1 aliphatic rings. The Labute approximate surface area is 99.6 Å². The van der Waals surface area contributed by atoms with Gasteiger partial charge >= 0.3 is 0 Å². The molecule has 2 heterocycles. The number of aliphatic hydroxyl groups excluding tert-OH is 1. The fourth-order valence-corrected chi connectivity index (χ4v) is 2.52. The molecule has 2 aromatic rings. The molecule has 0 fully saturated rings. The highest BCUT2D eigenvalue weighted by Gasteiger charge is 2.27. The summed E-state index contributed by atoms with van der Waals surface area (Å²) >= 11 is 1.22. The number of hydrogen-bond donors (Lipinski definition) is 2. The van der Waals surface area contributed by atoms with E-state index in [1.54, 1.807) is 0 Å². The molecule has 7 heteroatoms. The molecule has 0 spiro atoms. The van der Waals surface area contributed by atoms with Gasteiger partial charge in [0.25, 0.3) is 0 Å². The van der Waals surface area contributed by atoms with Crippen LogP contribution in [0, 0.1) is 5.82 Å². The predicted molar refractivity (Wildman–Crippen MR) is 61.0 cm³/mol. The third-order valence-electron chi connectivity index (χ3n) is 2.46. The van der Waals surface area contributed by atoms with Gasteiger partial charge in [0.05, 0.1) is 12.1 Å². The lowest BCUT2D eigenvalue weighted by Gasteiger charge is -2.25. The molecule has 1 aliphatic heterocycles. The number of nitrogens with zero attached hydrogens (tertiary/aromatic N) is 1. The molecular formula is C10H9FN2O3S. The normalized spacial score (nSPS) is 18.6. The van der Waals surface area contributed by atoms with Gasteiger partial charge < -0.3 is 20.3 Å². The van der Waals surface area contributed by atoms with Crippen LogP contribution in [0.5, 0.6) is 11.5 Å². The Hall–Kier alpha value is -1.60. The predicted octanol–water partition coefficient (Wildman–Crippen LogP) is 1.15. The van der Waals surface area contributed by atoms with Gasteiger partial charge in [-0.15, -0.1) is 0 Å². The van der Waals surface area contributed by atoms with E-state index < -0.39 is 11.9 Å². The Balaban J connectivity index is 2.20. The molecule has 0 radical (unpaired) electrons. The molecule has 5 nitrogen and oxygen atoms in total. The fourth-order valence-electron chi connectivity index (χ4n) is 1.71. The zero-order valence-electron chi connectivity index (χ0n) is 8.64. The lowest BCUT2D eigenvalue weighted by Crippen LogP contribution is -2.32. The number of rotatable bonds is 1. The van der Waals surface area contributed by atoms with Crippen molar-refractivity contribution >= 4 is 26.7 Å². The van der Waals surface area contributed by atoms with Crippen LogP contribution in [0.15, 0.2) is 6.07 Å². The quantitative estimate of drug-likeness (QED) is 0.800. The molecule has 0 bridgehead atoms. The third kappa shape index (κ3) is 1.58. The topological polar surface area (TPSA) is 77.6 Å². The summed E-state index contributed by atoms with van der Waals surface area (Å²) in [6.07, 6.45) is -0.542. The number of fused-ring (bicyclic) bond motifs is 3. The van der Waals surface area contributed by atoms with Gasteiger partial charge in [-0.25, -0.2) is 9.37 Å². The molecule has 1 atom stereocenters. The average molecular weight is 256 g/mol. The smallest absolute Gasteiger partial charge is 0.199 e. The molecule has 3 rings (SSSR count). The fraction of sp³-hybridized carbons (Fsp3) is 0.300. The van der Waals surface area contributed by atoms with Crippen LogP contribution >= 0.6 is 11.3 Å². The van der Waals surface area contributed by atoms with E-state index in [0.29, 0.717) is 21.1 Å². The number of aliphatic hydroxyl groups is 1. The summed E-state index contributed by atoms with van der Waals surface area (Å²) in [5.41, 5.74) is 6.03. The molecule has 17 heavy (non-hydrogen) atoms. The van der Waals surface area contributed by atoms with E-state index in [-0.39, 0.29) is 19.0 Å². The SMILES string of the molecule is Nc1nc2cc(F)c3c(c2s1)OC[C@H](CO)O3. The van der Waals surface area contributed by atoms with Crippen molar-refractivity contribution in [3.63, 3.8) is 0 Å². The summed E-state index contributed by atoms with van der Waals surface area (Å²) in [5.74, 6) is -0.221. The number of aromatic nitrogens is 1. The Bertz CT molecular complexity index is 586. The van der Waals surface area contributed by atoms with Crippen molar-refractivity contribution in [2.45, 2.75) is 6.10 Å². The minimum Gasteiger partial charge on any atom is -0.484 e. The van der Waals surface area contributed by atoms with E-state index in [0.717, 1.165) is 0 Å². The van der Waals surface area contributed by atoms with Gasteiger partial charge in [-0.3, -0.25) is 0 Å². The molecule has 0 amide bonds. The van der Waals surface area contributed by atoms with E-state index in [4.69, 9.17) is 20.3 Å². The van der Waals surface area contributed by atoms with Crippen molar-refractivity contribution in [1.82, 2.24) is 4.98 Å². The van der Waals surface area contributed by atoms with Gasteiger partial charge in [0, 0.05) is 6.07 Å². The summed E-state index contributed by atoms with van der Waals surface area (Å²) in [6.45, 7) is -0.0401. The van der Waals surface area contributed by atoms with Crippen LogP contribution in [0.1, 0.15) is 0 Å². The maximum absolute atomic E-state index is 13.8. The van der Waals surface area contributed by atoms with Crippen molar-refractivity contribution in [2.75, 3.05) is 18.9 Å². The number of ether oxygens (including phenoxy) is 2. The number of nitrogens with two attached hydrogens (primary N) is 1. The van der Waals surface area contributed by atoms with E-state index >= 15 is 0 Å². The molecule has 0 aliphatic carbocycles. The van der Waals surface area contributed by atoms with Crippen molar-refractivity contribution in [2.24, 2.45) is 0 Å². The summed E-state index contributed by atoms with van der Waals surface area (Å²) in [7, 11) is 0. The first-order chi connectivity index (χ1) is 8.19. The third-order valence-corrected chi connectivity index (χ3v) is 3.36. The Kier molecular flexibility index (Phi) is 2.30. The number of anilines is 1. The molecule has 0 unspecified atom stereocenters. The number of halogens is 1. The van der Waals surface area contributed by atoms with Crippen LogP contribution in [0.4, 0.5) is 9.52 Å². The lowest BCUT2D eigenvalue weighted by atomic mass is 10.2. The standard InChI is InChI=1S/C10H9FN2O3S/c11-5-1-6-9(17-10(12)13-6)8-7(5)16-4(2-14)3-15-8/h1,4,14H,2-3H2,(H2,12,13)/t4-/m0/s1. The average Bonchev–Trinajstić information content (AvgIpc) is 2.69. The number of nitrogen functional groups attached to an aromatic ring is 1. The Morgan fingerprint density at radius 3 is 3.18 bits per heavy atom. The highest BCUT2D eigenvalue weighted by Crippen LogP contribution is 2.43. The lowest BCUT2D eigenvalue weighted by molar-refractivity contribution is 0.0431. The summed E-state index contributed by atoms with van der Waals surface area (Å²) in [5, 5.41) is 9.32. The van der Waals surface area contributed by atoms with Crippen LogP contribution < -0.4 is 15.2 Å². The Morgan fingerprint density at radius 1 is 1.59 bits per heavy atom. The first-order valence-corrected chi connectivity index (χ1v) is 5.79. The first-order valence-electron chi connectivity index (χ1n) is 4.98. The Morgan fingerprint density at radius 2 is 2.41 bits per heavy atom. The van der Waals surface area contributed by atoms with Crippen molar-refractivity contribution < 1.29 is 19.0 Å². The van der Waals surface area contributed by atoms with E-state index in [1.807, 2.05) is 0 Å². The van der Waals surface area contributed by atoms with Gasteiger partial charge in [0.15, 0.2) is 28.6 Å². The van der Waals surface area contributed by atoms with E-state index in [1.165, 1.54) is 17.4 Å². The van der Waals surface area contributed by atoms with Crippen LogP contribution in [-0.2, 0) is 0 Å². The van der Waals surface area contributed by atoms with Crippen LogP contribution in [-0.4, -0.2) is 29.4 Å². The van der Waals surface area contributed by atoms with Gasteiger partial charge in [0.1, 0.15) is 11.3 Å². The molecule has 1 aromatic carbocycles.